The number of methoxy groups -OCH3 is 1. The minimum atomic E-state index is -4.25. The van der Waals surface area contributed by atoms with Crippen LogP contribution in [-0.4, -0.2) is 46.9 Å². The van der Waals surface area contributed by atoms with Crippen molar-refractivity contribution in [2.45, 2.75) is 4.90 Å². The first-order chi connectivity index (χ1) is 13.3. The van der Waals surface area contributed by atoms with Gasteiger partial charge in [0.05, 0.1) is 18.0 Å². The minimum Gasteiger partial charge on any atom is -0.383 e. The van der Waals surface area contributed by atoms with E-state index in [1.165, 1.54) is 24.1 Å². The summed E-state index contributed by atoms with van der Waals surface area (Å²) in [6.07, 6.45) is 0. The summed E-state index contributed by atoms with van der Waals surface area (Å²) in [7, 11) is -2.86. The van der Waals surface area contributed by atoms with Gasteiger partial charge in [0, 0.05) is 25.9 Å². The standard InChI is InChI=1S/C18H17F3N2O4S/c1-27-9-7-23-8-10-28(25,26)17-15(21)13(19)12(14(20)16(17)23)18(24)22-11-5-3-2-4-6-11/h2-6H,7-10H2,1H3,(H,22,24). The van der Waals surface area contributed by atoms with Crippen molar-refractivity contribution >= 4 is 27.1 Å². The number of sulfone groups is 1. The Morgan fingerprint density at radius 1 is 1.14 bits per heavy atom. The third-order valence-electron chi connectivity index (χ3n) is 4.34. The Labute approximate surface area is 159 Å². The average molecular weight is 414 g/mol. The van der Waals surface area contributed by atoms with Gasteiger partial charge in [-0.15, -0.1) is 0 Å². The normalized spacial score (nSPS) is 15.2. The van der Waals surface area contributed by atoms with E-state index in [-0.39, 0.29) is 25.4 Å². The van der Waals surface area contributed by atoms with Crippen LogP contribution in [0.25, 0.3) is 0 Å². The molecule has 3 rings (SSSR count). The van der Waals surface area contributed by atoms with Crippen molar-refractivity contribution in [3.63, 3.8) is 0 Å². The Bertz CT molecular complexity index is 1010. The summed E-state index contributed by atoms with van der Waals surface area (Å²) in [5.41, 5.74) is -1.59. The molecule has 2 aromatic carbocycles. The van der Waals surface area contributed by atoms with Gasteiger partial charge in [0.15, 0.2) is 27.3 Å². The molecule has 0 saturated heterocycles. The van der Waals surface area contributed by atoms with E-state index in [1.54, 1.807) is 18.2 Å². The number of nitrogens with one attached hydrogen (secondary N) is 1. The van der Waals surface area contributed by atoms with Crippen LogP contribution in [0.2, 0.25) is 0 Å². The van der Waals surface area contributed by atoms with Crippen LogP contribution >= 0.6 is 0 Å². The van der Waals surface area contributed by atoms with Crippen LogP contribution in [0.15, 0.2) is 35.2 Å². The second-order valence-corrected chi connectivity index (χ2v) is 8.16. The zero-order valence-corrected chi connectivity index (χ0v) is 15.7. The quantitative estimate of drug-likeness (QED) is 0.762. The van der Waals surface area contributed by atoms with Crippen LogP contribution in [0, 0.1) is 17.5 Å². The number of carbonyl (C=O) groups excluding carboxylic acids is 1. The molecular formula is C18H17F3N2O4S. The Balaban J connectivity index is 2.15. The molecule has 28 heavy (non-hydrogen) atoms. The second-order valence-electron chi connectivity index (χ2n) is 6.11. The first kappa shape index (κ1) is 20.2. The molecule has 0 saturated carbocycles. The van der Waals surface area contributed by atoms with Crippen molar-refractivity contribution in [1.29, 1.82) is 0 Å². The third-order valence-corrected chi connectivity index (χ3v) is 6.05. The van der Waals surface area contributed by atoms with E-state index in [2.05, 4.69) is 5.32 Å². The van der Waals surface area contributed by atoms with Crippen molar-refractivity contribution in [1.82, 2.24) is 0 Å². The van der Waals surface area contributed by atoms with E-state index < -0.39 is 55.1 Å². The molecule has 2 aromatic rings. The van der Waals surface area contributed by atoms with Gasteiger partial charge < -0.3 is 15.0 Å². The molecule has 10 heteroatoms. The summed E-state index contributed by atoms with van der Waals surface area (Å²) in [6, 6.07) is 7.83. The maximum Gasteiger partial charge on any atom is 0.261 e. The highest BCUT2D eigenvalue weighted by atomic mass is 32.2. The first-order valence-electron chi connectivity index (χ1n) is 8.31. The van der Waals surface area contributed by atoms with Crippen molar-refractivity contribution in [3.8, 4) is 0 Å². The number of para-hydroxylation sites is 1. The zero-order valence-electron chi connectivity index (χ0n) is 14.8. The van der Waals surface area contributed by atoms with E-state index in [1.807, 2.05) is 0 Å². The van der Waals surface area contributed by atoms with E-state index >= 15 is 4.39 Å². The summed E-state index contributed by atoms with van der Waals surface area (Å²) >= 11 is 0. The van der Waals surface area contributed by atoms with E-state index in [0.717, 1.165) is 0 Å². The van der Waals surface area contributed by atoms with Crippen LogP contribution in [0.4, 0.5) is 24.5 Å². The molecule has 1 N–H and O–H groups in total. The molecule has 0 aliphatic carbocycles. The van der Waals surface area contributed by atoms with Gasteiger partial charge in [0.25, 0.3) is 5.91 Å². The Kier molecular flexibility index (Phi) is 5.61. The molecular weight excluding hydrogens is 397 g/mol. The van der Waals surface area contributed by atoms with Gasteiger partial charge in [-0.25, -0.2) is 21.6 Å². The summed E-state index contributed by atoms with van der Waals surface area (Å²) in [6.45, 7) is 0.00462. The molecule has 1 heterocycles. The number of ether oxygens (including phenoxy) is 1. The van der Waals surface area contributed by atoms with E-state index in [0.29, 0.717) is 0 Å². The topological polar surface area (TPSA) is 75.7 Å². The van der Waals surface area contributed by atoms with Crippen molar-refractivity contribution in [2.24, 2.45) is 0 Å². The maximum atomic E-state index is 15.2. The molecule has 0 unspecified atom stereocenters. The van der Waals surface area contributed by atoms with Crippen LogP contribution in [-0.2, 0) is 14.6 Å². The lowest BCUT2D eigenvalue weighted by Gasteiger charge is -2.32. The molecule has 0 atom stereocenters. The fourth-order valence-electron chi connectivity index (χ4n) is 2.98. The zero-order chi connectivity index (χ0) is 20.5. The van der Waals surface area contributed by atoms with Crippen LogP contribution < -0.4 is 10.2 Å². The van der Waals surface area contributed by atoms with Crippen LogP contribution in [0.1, 0.15) is 10.4 Å². The van der Waals surface area contributed by atoms with Gasteiger partial charge >= 0.3 is 0 Å². The maximum absolute atomic E-state index is 15.2. The molecule has 0 fully saturated rings. The molecule has 0 radical (unpaired) electrons. The highest BCUT2D eigenvalue weighted by molar-refractivity contribution is 7.91. The highest BCUT2D eigenvalue weighted by Crippen LogP contribution is 2.38. The number of hydrogen-bond acceptors (Lipinski definition) is 5. The number of benzene rings is 2. The number of rotatable bonds is 5. The summed E-state index contributed by atoms with van der Waals surface area (Å²) in [5, 5.41) is 2.27. The lowest BCUT2D eigenvalue weighted by molar-refractivity contribution is 0.101. The van der Waals surface area contributed by atoms with Gasteiger partial charge in [-0.05, 0) is 12.1 Å². The number of anilines is 2. The van der Waals surface area contributed by atoms with Gasteiger partial charge in [-0.2, -0.15) is 0 Å². The number of amides is 1. The molecule has 0 bridgehead atoms. The molecule has 1 aliphatic heterocycles. The Morgan fingerprint density at radius 3 is 2.46 bits per heavy atom. The molecule has 1 aliphatic rings. The number of fused-ring (bicyclic) bond motifs is 1. The van der Waals surface area contributed by atoms with Crippen LogP contribution in [0.5, 0.6) is 0 Å². The predicted molar refractivity (Wildman–Crippen MR) is 96.9 cm³/mol. The first-order valence-corrected chi connectivity index (χ1v) is 9.96. The van der Waals surface area contributed by atoms with Crippen molar-refractivity contribution in [3.05, 3.63) is 53.3 Å². The SMILES string of the molecule is COCCN1CCS(=O)(=O)c2c(F)c(F)c(C(=O)Nc3ccccc3)c(F)c21. The lowest BCUT2D eigenvalue weighted by atomic mass is 10.1. The predicted octanol–water partition coefficient (Wildman–Crippen LogP) is 2.60. The molecule has 0 spiro atoms. The Hall–Kier alpha value is -2.59. The monoisotopic (exact) mass is 414 g/mol. The minimum absolute atomic E-state index is 0.0424. The van der Waals surface area contributed by atoms with Gasteiger partial charge in [0.1, 0.15) is 10.5 Å². The highest BCUT2D eigenvalue weighted by Gasteiger charge is 2.39. The number of hydrogen-bond donors (Lipinski definition) is 1. The average Bonchev–Trinajstić information content (AvgIpc) is 2.65. The van der Waals surface area contributed by atoms with Crippen molar-refractivity contribution < 1.29 is 31.1 Å². The fraction of sp³-hybridized carbons (Fsp3) is 0.278. The van der Waals surface area contributed by atoms with Crippen LogP contribution in [0.3, 0.4) is 0 Å². The van der Waals surface area contributed by atoms with E-state index in [4.69, 9.17) is 4.74 Å². The fourth-order valence-corrected chi connectivity index (χ4v) is 4.52. The summed E-state index contributed by atoms with van der Waals surface area (Å²) < 4.78 is 73.8. The number of halogens is 3. The molecule has 6 nitrogen and oxygen atoms in total. The Morgan fingerprint density at radius 2 is 1.82 bits per heavy atom. The lowest BCUT2D eigenvalue weighted by Crippen LogP contribution is -2.39. The summed E-state index contributed by atoms with van der Waals surface area (Å²) in [5.74, 6) is -6.77. The van der Waals surface area contributed by atoms with E-state index in [9.17, 15) is 22.0 Å². The van der Waals surface area contributed by atoms with Gasteiger partial charge in [0.2, 0.25) is 0 Å². The number of carbonyl (C=O) groups is 1. The number of nitrogens with zero attached hydrogens (tertiary/aromatic N) is 1. The molecule has 150 valence electrons. The largest absolute Gasteiger partial charge is 0.383 e. The summed E-state index contributed by atoms with van der Waals surface area (Å²) in [4.78, 5) is 12.6. The third kappa shape index (κ3) is 3.57. The van der Waals surface area contributed by atoms with Gasteiger partial charge in [-0.1, -0.05) is 18.2 Å². The van der Waals surface area contributed by atoms with Gasteiger partial charge in [-0.3, -0.25) is 4.79 Å². The smallest absolute Gasteiger partial charge is 0.261 e. The molecule has 1 amide bonds. The second kappa shape index (κ2) is 7.80. The van der Waals surface area contributed by atoms with Crippen molar-refractivity contribution in [2.75, 3.05) is 42.8 Å². The molecule has 0 aromatic heterocycles.